The van der Waals surface area contributed by atoms with Gasteiger partial charge in [-0.25, -0.2) is 9.69 Å². The first kappa shape index (κ1) is 25.1. The highest BCUT2D eigenvalue weighted by Crippen LogP contribution is 2.49. The molecule has 1 heterocycles. The quantitative estimate of drug-likeness (QED) is 0.372. The van der Waals surface area contributed by atoms with Gasteiger partial charge in [-0.3, -0.25) is 4.79 Å². The summed E-state index contributed by atoms with van der Waals surface area (Å²) in [6.07, 6.45) is -7.10. The fourth-order valence-corrected chi connectivity index (χ4v) is 3.82. The first-order valence-corrected chi connectivity index (χ1v) is 10.4. The Labute approximate surface area is 201 Å². The van der Waals surface area contributed by atoms with Crippen molar-refractivity contribution in [1.82, 2.24) is 4.90 Å². The normalized spacial score (nSPS) is 19.0. The molecule has 0 bridgehead atoms. The maximum absolute atomic E-state index is 14.1. The van der Waals surface area contributed by atoms with E-state index >= 15 is 0 Å². The topological polar surface area (TPSA) is 79.2 Å². The fraction of sp³-hybridized carbons (Fsp3) is 0.238. The number of imide groups is 1. The first-order chi connectivity index (χ1) is 15.3. The average molecular weight is 523 g/mol. The minimum atomic E-state index is -4.84. The Kier molecular flexibility index (Phi) is 6.89. The number of alkyl halides is 4. The summed E-state index contributed by atoms with van der Waals surface area (Å²) in [6, 6.07) is 7.50. The third-order valence-corrected chi connectivity index (χ3v) is 6.00. The van der Waals surface area contributed by atoms with Gasteiger partial charge in [0.15, 0.2) is 0 Å². The van der Waals surface area contributed by atoms with Gasteiger partial charge >= 0.3 is 12.3 Å². The van der Waals surface area contributed by atoms with E-state index in [1.165, 1.54) is 31.2 Å². The molecule has 0 saturated carbocycles. The molecule has 0 aliphatic carbocycles. The van der Waals surface area contributed by atoms with Crippen molar-refractivity contribution in [3.8, 4) is 0 Å². The lowest BCUT2D eigenvalue weighted by Gasteiger charge is -2.29. The Morgan fingerprint density at radius 2 is 1.88 bits per heavy atom. The van der Waals surface area contributed by atoms with Gasteiger partial charge < -0.3 is 9.94 Å². The SMILES string of the molecule is [CH2]C(Cl)N(C(=O)O)C(=O)c1ccc(C2=NOC(c3ccc(Cl)c(Cl)c3)(C(F)(F)F)C2)cc1C. The molecular formula is C21H15Cl3F3N2O4. The minimum absolute atomic E-state index is 0.0125. The highest BCUT2D eigenvalue weighted by Gasteiger charge is 2.62. The number of aryl methyl sites for hydroxylation is 1. The Morgan fingerprint density at radius 1 is 1.21 bits per heavy atom. The number of oxime groups is 1. The molecule has 0 saturated heterocycles. The Morgan fingerprint density at radius 3 is 2.39 bits per heavy atom. The summed E-state index contributed by atoms with van der Waals surface area (Å²) in [5.74, 6) is -0.924. The predicted octanol–water partition coefficient (Wildman–Crippen LogP) is 6.40. The van der Waals surface area contributed by atoms with Gasteiger partial charge in [0, 0.05) is 17.5 Å². The zero-order valence-electron chi connectivity index (χ0n) is 16.8. The third kappa shape index (κ3) is 4.62. The number of hydrogen-bond acceptors (Lipinski definition) is 4. The second kappa shape index (κ2) is 9.04. The summed E-state index contributed by atoms with van der Waals surface area (Å²) in [7, 11) is 0. The van der Waals surface area contributed by atoms with Gasteiger partial charge in [-0.05, 0) is 49.2 Å². The standard InChI is InChI=1S/C21H15Cl3F3N2O4/c1-10-7-12(3-5-14(10)18(30)29(11(2)22)19(31)32)17-9-20(33-28-17,21(25,26)27)13-4-6-15(23)16(24)8-13/h3-8,11H,2,9H2,1H3,(H,31,32). The summed E-state index contributed by atoms with van der Waals surface area (Å²) in [5.41, 5.74) is -3.91. The Bertz CT molecular complexity index is 1150. The molecule has 2 atom stereocenters. The van der Waals surface area contributed by atoms with Gasteiger partial charge in [0.2, 0.25) is 0 Å². The maximum Gasteiger partial charge on any atom is 0.435 e. The molecule has 12 heteroatoms. The van der Waals surface area contributed by atoms with Gasteiger partial charge in [0.25, 0.3) is 11.5 Å². The van der Waals surface area contributed by atoms with Crippen LogP contribution >= 0.6 is 34.8 Å². The highest BCUT2D eigenvalue weighted by atomic mass is 35.5. The van der Waals surface area contributed by atoms with Gasteiger partial charge in [0.1, 0.15) is 5.50 Å². The van der Waals surface area contributed by atoms with Crippen molar-refractivity contribution in [2.75, 3.05) is 0 Å². The third-order valence-electron chi connectivity index (χ3n) is 5.07. The van der Waals surface area contributed by atoms with E-state index in [2.05, 4.69) is 12.1 Å². The van der Waals surface area contributed by atoms with Crippen LogP contribution < -0.4 is 0 Å². The van der Waals surface area contributed by atoms with E-state index in [-0.39, 0.29) is 32.4 Å². The second-order valence-corrected chi connectivity index (χ2v) is 8.50. The molecule has 2 aromatic carbocycles. The van der Waals surface area contributed by atoms with Crippen molar-refractivity contribution in [3.63, 3.8) is 0 Å². The van der Waals surface area contributed by atoms with Crippen molar-refractivity contribution in [3.05, 3.63) is 75.6 Å². The van der Waals surface area contributed by atoms with E-state index in [9.17, 15) is 27.9 Å². The first-order valence-electron chi connectivity index (χ1n) is 9.20. The molecular weight excluding hydrogens is 508 g/mol. The molecule has 2 unspecified atom stereocenters. The molecule has 1 aliphatic rings. The van der Waals surface area contributed by atoms with Gasteiger partial charge in [-0.1, -0.05) is 52.1 Å². The van der Waals surface area contributed by atoms with Crippen molar-refractivity contribution in [1.29, 1.82) is 0 Å². The molecule has 33 heavy (non-hydrogen) atoms. The summed E-state index contributed by atoms with van der Waals surface area (Å²) < 4.78 is 42.3. The van der Waals surface area contributed by atoms with Crippen molar-refractivity contribution >= 4 is 52.5 Å². The van der Waals surface area contributed by atoms with Gasteiger partial charge in [-0.2, -0.15) is 13.2 Å². The number of halogens is 6. The highest BCUT2D eigenvalue weighted by molar-refractivity contribution is 6.42. The molecule has 1 radical (unpaired) electrons. The number of carboxylic acid groups (broad SMARTS) is 1. The van der Waals surface area contributed by atoms with E-state index in [0.717, 1.165) is 12.1 Å². The number of rotatable bonds is 4. The van der Waals surface area contributed by atoms with Crippen molar-refractivity contribution in [2.45, 2.75) is 30.6 Å². The van der Waals surface area contributed by atoms with Crippen molar-refractivity contribution < 1.29 is 32.7 Å². The number of benzene rings is 2. The van der Waals surface area contributed by atoms with Crippen LogP contribution in [0.5, 0.6) is 0 Å². The number of amides is 2. The van der Waals surface area contributed by atoms with E-state index in [1.807, 2.05) is 0 Å². The summed E-state index contributed by atoms with van der Waals surface area (Å²) in [4.78, 5) is 29.1. The monoisotopic (exact) mass is 521 g/mol. The largest absolute Gasteiger partial charge is 0.465 e. The molecule has 2 aromatic rings. The average Bonchev–Trinajstić information content (AvgIpc) is 3.16. The molecule has 1 N–H and O–H groups in total. The molecule has 175 valence electrons. The van der Waals surface area contributed by atoms with Crippen LogP contribution in [0.3, 0.4) is 0 Å². The zero-order chi connectivity index (χ0) is 24.7. The molecule has 2 amide bonds. The van der Waals surface area contributed by atoms with Crippen LogP contribution in [0.15, 0.2) is 41.6 Å². The van der Waals surface area contributed by atoms with Crippen LogP contribution in [0.25, 0.3) is 0 Å². The molecule has 0 fully saturated rings. The smallest absolute Gasteiger partial charge is 0.435 e. The minimum Gasteiger partial charge on any atom is -0.465 e. The molecule has 0 spiro atoms. The maximum atomic E-state index is 14.1. The predicted molar refractivity (Wildman–Crippen MR) is 117 cm³/mol. The summed E-state index contributed by atoms with van der Waals surface area (Å²) in [6.45, 7) is 4.82. The van der Waals surface area contributed by atoms with Crippen LogP contribution in [-0.4, -0.2) is 39.4 Å². The van der Waals surface area contributed by atoms with E-state index in [4.69, 9.17) is 39.6 Å². The molecule has 0 aromatic heterocycles. The summed E-state index contributed by atoms with van der Waals surface area (Å²) in [5, 5.41) is 12.9. The van der Waals surface area contributed by atoms with Crippen LogP contribution in [0.4, 0.5) is 18.0 Å². The lowest BCUT2D eigenvalue weighted by molar-refractivity contribution is -0.275. The lowest BCUT2D eigenvalue weighted by Crippen LogP contribution is -2.42. The van der Waals surface area contributed by atoms with Crippen molar-refractivity contribution in [2.24, 2.45) is 5.16 Å². The second-order valence-electron chi connectivity index (χ2n) is 7.18. The number of carbonyl (C=O) groups is 2. The molecule has 3 rings (SSSR count). The molecule has 1 aliphatic heterocycles. The van der Waals surface area contributed by atoms with E-state index in [0.29, 0.717) is 10.5 Å². The Balaban J connectivity index is 1.95. The zero-order valence-corrected chi connectivity index (χ0v) is 19.1. The van der Waals surface area contributed by atoms with E-state index in [1.54, 1.807) is 0 Å². The van der Waals surface area contributed by atoms with Gasteiger partial charge in [-0.15, -0.1) is 0 Å². The van der Waals surface area contributed by atoms with Crippen LogP contribution in [-0.2, 0) is 10.4 Å². The van der Waals surface area contributed by atoms with Crippen LogP contribution in [0.2, 0.25) is 10.0 Å². The number of hydrogen-bond donors (Lipinski definition) is 1. The molecule has 6 nitrogen and oxygen atoms in total. The Hall–Kier alpha value is -2.49. The fourth-order valence-electron chi connectivity index (χ4n) is 3.35. The van der Waals surface area contributed by atoms with Crippen LogP contribution in [0.1, 0.15) is 33.5 Å². The number of nitrogens with zero attached hydrogens (tertiary/aromatic N) is 2. The van der Waals surface area contributed by atoms with Crippen LogP contribution in [0, 0.1) is 13.8 Å². The van der Waals surface area contributed by atoms with E-state index < -0.39 is 35.7 Å². The summed E-state index contributed by atoms with van der Waals surface area (Å²) >= 11 is 17.4. The lowest BCUT2D eigenvalue weighted by atomic mass is 9.86. The van der Waals surface area contributed by atoms with Gasteiger partial charge in [0.05, 0.1) is 15.8 Å². The number of carbonyl (C=O) groups excluding carboxylic acids is 1.